The van der Waals surface area contributed by atoms with E-state index in [2.05, 4.69) is 4.98 Å². The van der Waals surface area contributed by atoms with Crippen LogP contribution in [0.3, 0.4) is 0 Å². The van der Waals surface area contributed by atoms with Gasteiger partial charge in [-0.2, -0.15) is 0 Å². The van der Waals surface area contributed by atoms with Gasteiger partial charge in [0, 0.05) is 24.5 Å². The van der Waals surface area contributed by atoms with Crippen molar-refractivity contribution >= 4 is 17.3 Å². The number of nitro benzene ring substituents is 1. The minimum Gasteiger partial charge on any atom is -0.298 e. The Morgan fingerprint density at radius 3 is 2.76 bits per heavy atom. The molecule has 0 saturated carbocycles. The fourth-order valence-corrected chi connectivity index (χ4v) is 1.66. The SMILES string of the molecule is Cc1nccn1-c1cc(F)c(Cl)cc1[N+](=O)[O-]. The Balaban J connectivity index is 2.72. The molecule has 0 N–H and O–H groups in total. The van der Waals surface area contributed by atoms with Crippen molar-refractivity contribution in [3.05, 3.63) is 51.3 Å². The van der Waals surface area contributed by atoms with E-state index in [0.717, 1.165) is 12.1 Å². The first-order valence-corrected chi connectivity index (χ1v) is 5.02. The Morgan fingerprint density at radius 1 is 1.53 bits per heavy atom. The van der Waals surface area contributed by atoms with Crippen molar-refractivity contribution in [3.8, 4) is 5.69 Å². The molecule has 0 spiro atoms. The van der Waals surface area contributed by atoms with E-state index >= 15 is 0 Å². The average Bonchev–Trinajstić information content (AvgIpc) is 2.67. The van der Waals surface area contributed by atoms with Crippen molar-refractivity contribution in [3.63, 3.8) is 0 Å². The molecule has 0 fully saturated rings. The fraction of sp³-hybridized carbons (Fsp3) is 0.100. The summed E-state index contributed by atoms with van der Waals surface area (Å²) in [5, 5.41) is 10.6. The van der Waals surface area contributed by atoms with Crippen molar-refractivity contribution in [2.45, 2.75) is 6.92 Å². The summed E-state index contributed by atoms with van der Waals surface area (Å²) >= 11 is 5.53. The van der Waals surface area contributed by atoms with Gasteiger partial charge in [0.15, 0.2) is 0 Å². The molecular formula is C10H7ClFN3O2. The molecule has 1 heterocycles. The zero-order chi connectivity index (χ0) is 12.6. The van der Waals surface area contributed by atoms with Crippen LogP contribution >= 0.6 is 11.6 Å². The van der Waals surface area contributed by atoms with E-state index in [0.29, 0.717) is 5.82 Å². The van der Waals surface area contributed by atoms with Crippen molar-refractivity contribution in [2.24, 2.45) is 0 Å². The first-order chi connectivity index (χ1) is 8.00. The highest BCUT2D eigenvalue weighted by atomic mass is 35.5. The van der Waals surface area contributed by atoms with Crippen molar-refractivity contribution in [2.75, 3.05) is 0 Å². The number of rotatable bonds is 2. The quantitative estimate of drug-likeness (QED) is 0.612. The summed E-state index contributed by atoms with van der Waals surface area (Å²) in [6, 6.07) is 2.01. The Bertz CT molecular complexity index is 597. The van der Waals surface area contributed by atoms with Gasteiger partial charge in [-0.25, -0.2) is 9.37 Å². The number of aromatic nitrogens is 2. The molecule has 0 aliphatic rings. The van der Waals surface area contributed by atoms with Crippen LogP contribution < -0.4 is 0 Å². The maximum Gasteiger partial charge on any atom is 0.294 e. The average molecular weight is 256 g/mol. The number of aryl methyl sites for hydroxylation is 1. The van der Waals surface area contributed by atoms with Gasteiger partial charge in [-0.15, -0.1) is 0 Å². The van der Waals surface area contributed by atoms with Gasteiger partial charge in [-0.05, 0) is 6.92 Å². The molecule has 0 radical (unpaired) electrons. The lowest BCUT2D eigenvalue weighted by Gasteiger charge is -2.06. The zero-order valence-corrected chi connectivity index (χ0v) is 9.48. The number of benzene rings is 1. The number of hydrogen-bond donors (Lipinski definition) is 0. The summed E-state index contributed by atoms with van der Waals surface area (Å²) in [5.74, 6) is -0.185. The largest absolute Gasteiger partial charge is 0.298 e. The standard InChI is InChI=1S/C10H7ClFN3O2/c1-6-13-2-3-14(6)9-5-8(12)7(11)4-10(9)15(16)17/h2-5H,1H3. The van der Waals surface area contributed by atoms with Crippen LogP contribution in [0.4, 0.5) is 10.1 Å². The molecule has 0 amide bonds. The highest BCUT2D eigenvalue weighted by molar-refractivity contribution is 6.31. The predicted octanol–water partition coefficient (Wildman–Crippen LogP) is 2.88. The summed E-state index contributed by atoms with van der Waals surface area (Å²) in [4.78, 5) is 14.2. The summed E-state index contributed by atoms with van der Waals surface area (Å²) in [5.41, 5.74) is -0.163. The second kappa shape index (κ2) is 4.14. The molecule has 0 unspecified atom stereocenters. The third kappa shape index (κ3) is 1.99. The van der Waals surface area contributed by atoms with E-state index in [1.54, 1.807) is 6.92 Å². The molecule has 1 aromatic carbocycles. The highest BCUT2D eigenvalue weighted by Gasteiger charge is 2.19. The molecular weight excluding hydrogens is 249 g/mol. The van der Waals surface area contributed by atoms with Gasteiger partial charge in [0.2, 0.25) is 0 Å². The molecule has 0 saturated heterocycles. The van der Waals surface area contributed by atoms with Crippen molar-refractivity contribution in [1.29, 1.82) is 0 Å². The van der Waals surface area contributed by atoms with Gasteiger partial charge in [-0.1, -0.05) is 11.6 Å². The molecule has 7 heteroatoms. The maximum atomic E-state index is 13.4. The maximum absolute atomic E-state index is 13.4. The van der Waals surface area contributed by atoms with Crippen LogP contribution in [0.1, 0.15) is 5.82 Å². The molecule has 0 aliphatic heterocycles. The summed E-state index contributed by atoms with van der Waals surface area (Å²) in [7, 11) is 0. The second-order valence-electron chi connectivity index (χ2n) is 3.36. The monoisotopic (exact) mass is 255 g/mol. The molecule has 88 valence electrons. The van der Waals surface area contributed by atoms with E-state index in [-0.39, 0.29) is 16.4 Å². The Morgan fingerprint density at radius 2 is 2.24 bits per heavy atom. The number of nitrogens with zero attached hydrogens (tertiary/aromatic N) is 3. The van der Waals surface area contributed by atoms with Gasteiger partial charge in [0.1, 0.15) is 17.3 Å². The molecule has 5 nitrogen and oxygen atoms in total. The fourth-order valence-electron chi connectivity index (χ4n) is 1.50. The van der Waals surface area contributed by atoms with Gasteiger partial charge in [-0.3, -0.25) is 14.7 Å². The van der Waals surface area contributed by atoms with Crippen LogP contribution in [0.2, 0.25) is 5.02 Å². The third-order valence-electron chi connectivity index (χ3n) is 2.30. The smallest absolute Gasteiger partial charge is 0.294 e. The number of nitro groups is 1. The third-order valence-corrected chi connectivity index (χ3v) is 2.59. The van der Waals surface area contributed by atoms with Crippen LogP contribution in [0.25, 0.3) is 5.69 Å². The first-order valence-electron chi connectivity index (χ1n) is 4.64. The highest BCUT2D eigenvalue weighted by Crippen LogP contribution is 2.29. The van der Waals surface area contributed by atoms with Crippen LogP contribution in [0.5, 0.6) is 0 Å². The summed E-state index contributed by atoms with van der Waals surface area (Å²) < 4.78 is 14.8. The predicted molar refractivity (Wildman–Crippen MR) is 59.9 cm³/mol. The molecule has 2 aromatic rings. The van der Waals surface area contributed by atoms with Gasteiger partial charge < -0.3 is 0 Å². The van der Waals surface area contributed by atoms with E-state index in [1.807, 2.05) is 0 Å². The molecule has 17 heavy (non-hydrogen) atoms. The van der Waals surface area contributed by atoms with Gasteiger partial charge in [0.25, 0.3) is 5.69 Å². The molecule has 0 atom stereocenters. The Labute approximate surface area is 101 Å². The van der Waals surface area contributed by atoms with Crippen molar-refractivity contribution < 1.29 is 9.31 Å². The summed E-state index contributed by atoms with van der Waals surface area (Å²) in [6.45, 7) is 1.66. The number of hydrogen-bond acceptors (Lipinski definition) is 3. The second-order valence-corrected chi connectivity index (χ2v) is 3.76. The lowest BCUT2D eigenvalue weighted by molar-refractivity contribution is -0.384. The van der Waals surface area contributed by atoms with Crippen molar-refractivity contribution in [1.82, 2.24) is 9.55 Å². The van der Waals surface area contributed by atoms with E-state index in [4.69, 9.17) is 11.6 Å². The van der Waals surface area contributed by atoms with E-state index in [1.165, 1.54) is 17.0 Å². The topological polar surface area (TPSA) is 61.0 Å². The molecule has 0 aliphatic carbocycles. The van der Waals surface area contributed by atoms with E-state index in [9.17, 15) is 14.5 Å². The minimum absolute atomic E-state index is 0.104. The van der Waals surface area contributed by atoms with E-state index < -0.39 is 10.7 Å². The Hall–Kier alpha value is -1.95. The lowest BCUT2D eigenvalue weighted by atomic mass is 10.2. The normalized spacial score (nSPS) is 10.5. The summed E-state index contributed by atoms with van der Waals surface area (Å²) in [6.07, 6.45) is 3.00. The number of halogens is 2. The van der Waals surface area contributed by atoms with Crippen LogP contribution in [0, 0.1) is 22.9 Å². The van der Waals surface area contributed by atoms with Crippen LogP contribution in [-0.2, 0) is 0 Å². The minimum atomic E-state index is -0.708. The molecule has 0 bridgehead atoms. The molecule has 1 aromatic heterocycles. The molecule has 2 rings (SSSR count). The van der Waals surface area contributed by atoms with Crippen LogP contribution in [-0.4, -0.2) is 14.5 Å². The van der Waals surface area contributed by atoms with Gasteiger partial charge >= 0.3 is 0 Å². The first kappa shape index (κ1) is 11.5. The zero-order valence-electron chi connectivity index (χ0n) is 8.72. The number of imidazole rings is 1. The van der Waals surface area contributed by atoms with Gasteiger partial charge in [0.05, 0.1) is 9.95 Å². The lowest BCUT2D eigenvalue weighted by Crippen LogP contribution is -2.02. The Kier molecular flexibility index (Phi) is 2.81. The van der Waals surface area contributed by atoms with Crippen LogP contribution in [0.15, 0.2) is 24.5 Å².